The van der Waals surface area contributed by atoms with E-state index in [1.807, 2.05) is 31.3 Å². The molecule has 4 N–H and O–H groups in total. The van der Waals surface area contributed by atoms with Gasteiger partial charge in [0.2, 0.25) is 0 Å². The molecule has 2 atom stereocenters. The van der Waals surface area contributed by atoms with E-state index >= 15 is 0 Å². The van der Waals surface area contributed by atoms with Crippen LogP contribution in [0.3, 0.4) is 0 Å². The molecule has 0 fully saturated rings. The van der Waals surface area contributed by atoms with Crippen molar-refractivity contribution in [3.05, 3.63) is 42.5 Å². The molecule has 3 amide bonds. The molecule has 0 saturated heterocycles. The molecule has 1 unspecified atom stereocenters. The van der Waals surface area contributed by atoms with Crippen molar-refractivity contribution < 1.29 is 19.2 Å². The van der Waals surface area contributed by atoms with Gasteiger partial charge in [0.05, 0.1) is 7.05 Å². The lowest BCUT2D eigenvalue weighted by Crippen LogP contribution is -3.12. The summed E-state index contributed by atoms with van der Waals surface area (Å²) in [5.74, 6) is 0.391. The molecule has 21 heavy (non-hydrogen) atoms. The van der Waals surface area contributed by atoms with Crippen LogP contribution in [-0.4, -0.2) is 31.6 Å². The zero-order valence-corrected chi connectivity index (χ0v) is 12.4. The Hall–Kier alpha value is -2.34. The summed E-state index contributed by atoms with van der Waals surface area (Å²) in [6.45, 7) is 6.45. The first kappa shape index (κ1) is 16.7. The minimum atomic E-state index is -0.830. The maximum atomic E-state index is 11.7. The van der Waals surface area contributed by atoms with E-state index in [-0.39, 0.29) is 11.9 Å². The molecule has 6 heteroatoms. The maximum absolute atomic E-state index is 11.7. The van der Waals surface area contributed by atoms with Crippen molar-refractivity contribution in [1.29, 1.82) is 0 Å². The van der Waals surface area contributed by atoms with Crippen LogP contribution in [0.15, 0.2) is 36.9 Å². The Morgan fingerprint density at radius 1 is 1.43 bits per heavy atom. The van der Waals surface area contributed by atoms with Crippen LogP contribution in [-0.2, 0) is 11.3 Å². The summed E-state index contributed by atoms with van der Waals surface area (Å²) >= 11 is 0. The van der Waals surface area contributed by atoms with Crippen molar-refractivity contribution in [3.8, 4) is 5.75 Å². The average molecular weight is 292 g/mol. The van der Waals surface area contributed by atoms with Gasteiger partial charge >= 0.3 is 6.03 Å². The molecule has 0 spiro atoms. The van der Waals surface area contributed by atoms with Gasteiger partial charge in [-0.05, 0) is 31.2 Å². The lowest BCUT2D eigenvalue weighted by atomic mass is 10.2. The summed E-state index contributed by atoms with van der Waals surface area (Å²) in [6, 6.07) is 6.43. The lowest BCUT2D eigenvalue weighted by Gasteiger charge is -2.20. The van der Waals surface area contributed by atoms with Crippen LogP contribution in [0.5, 0.6) is 5.75 Å². The second-order valence-corrected chi connectivity index (χ2v) is 4.84. The number of ether oxygens (including phenoxy) is 1. The van der Waals surface area contributed by atoms with Gasteiger partial charge in [-0.25, -0.2) is 4.79 Å². The number of benzene rings is 1. The highest BCUT2D eigenvalue weighted by molar-refractivity contribution is 5.95. The molecule has 0 aliphatic rings. The van der Waals surface area contributed by atoms with Crippen molar-refractivity contribution in [2.75, 3.05) is 13.7 Å². The highest BCUT2D eigenvalue weighted by atomic mass is 16.5. The number of imide groups is 1. The third kappa shape index (κ3) is 5.66. The van der Waals surface area contributed by atoms with E-state index in [9.17, 15) is 9.59 Å². The number of nitrogens with two attached hydrogens (primary N) is 1. The van der Waals surface area contributed by atoms with Gasteiger partial charge in [-0.15, -0.1) is 0 Å². The second-order valence-electron chi connectivity index (χ2n) is 4.84. The third-order valence-corrected chi connectivity index (χ3v) is 3.15. The summed E-state index contributed by atoms with van der Waals surface area (Å²) in [5, 5.41) is 2.09. The number of urea groups is 1. The third-order valence-electron chi connectivity index (χ3n) is 3.15. The van der Waals surface area contributed by atoms with E-state index in [1.165, 1.54) is 0 Å². The largest absolute Gasteiger partial charge is 0.490 e. The molecule has 0 radical (unpaired) electrons. The highest BCUT2D eigenvalue weighted by Gasteiger charge is 2.22. The molecular weight excluding hydrogens is 270 g/mol. The van der Waals surface area contributed by atoms with Gasteiger partial charge in [0, 0.05) is 5.56 Å². The molecular formula is C15H22N3O3+. The minimum Gasteiger partial charge on any atom is -0.490 e. The van der Waals surface area contributed by atoms with Crippen LogP contribution in [0.2, 0.25) is 0 Å². The summed E-state index contributed by atoms with van der Waals surface area (Å²) in [5.41, 5.74) is 6.01. The lowest BCUT2D eigenvalue weighted by molar-refractivity contribution is -0.908. The zero-order valence-electron chi connectivity index (χ0n) is 12.4. The molecule has 1 aromatic carbocycles. The molecule has 0 bridgehead atoms. The summed E-state index contributed by atoms with van der Waals surface area (Å²) in [6.07, 6.45) is 1.69. The van der Waals surface area contributed by atoms with Crippen LogP contribution < -0.4 is 20.7 Å². The summed E-state index contributed by atoms with van der Waals surface area (Å²) < 4.78 is 5.40. The Labute approximate surface area is 124 Å². The first-order valence-electron chi connectivity index (χ1n) is 6.69. The number of hydrogen-bond donors (Lipinski definition) is 3. The second kappa shape index (κ2) is 8.06. The predicted octanol–water partition coefficient (Wildman–Crippen LogP) is -0.150. The van der Waals surface area contributed by atoms with E-state index in [0.717, 1.165) is 16.2 Å². The molecule has 1 aromatic rings. The molecule has 0 saturated carbocycles. The fourth-order valence-corrected chi connectivity index (χ4v) is 1.79. The molecule has 0 aliphatic heterocycles. The smallest absolute Gasteiger partial charge is 0.319 e. The van der Waals surface area contributed by atoms with Crippen molar-refractivity contribution in [2.24, 2.45) is 5.73 Å². The van der Waals surface area contributed by atoms with Gasteiger partial charge in [0.1, 0.15) is 18.9 Å². The Morgan fingerprint density at radius 2 is 2.05 bits per heavy atom. The van der Waals surface area contributed by atoms with Crippen LogP contribution >= 0.6 is 0 Å². The van der Waals surface area contributed by atoms with Gasteiger partial charge in [0.25, 0.3) is 5.91 Å². The number of carbonyl (C=O) groups is 2. The van der Waals surface area contributed by atoms with E-state index in [0.29, 0.717) is 13.2 Å². The van der Waals surface area contributed by atoms with Crippen molar-refractivity contribution in [2.45, 2.75) is 19.5 Å². The quantitative estimate of drug-likeness (QED) is 0.611. The van der Waals surface area contributed by atoms with E-state index in [1.54, 1.807) is 13.0 Å². The number of amides is 3. The topological polar surface area (TPSA) is 85.9 Å². The number of carbonyl (C=O) groups excluding carboxylic acids is 2. The fraction of sp³-hybridized carbons (Fsp3) is 0.333. The van der Waals surface area contributed by atoms with Crippen molar-refractivity contribution in [3.63, 3.8) is 0 Å². The molecule has 1 rings (SSSR count). The van der Waals surface area contributed by atoms with Crippen molar-refractivity contribution in [1.82, 2.24) is 5.32 Å². The molecule has 114 valence electrons. The van der Waals surface area contributed by atoms with Gasteiger partial charge in [-0.2, -0.15) is 0 Å². The number of quaternary nitrogens is 1. The molecule has 0 heterocycles. The molecule has 6 nitrogen and oxygen atoms in total. The van der Waals surface area contributed by atoms with Crippen molar-refractivity contribution >= 4 is 11.9 Å². The normalized spacial score (nSPS) is 13.0. The number of likely N-dealkylation sites (N-methyl/N-ethyl adjacent to an activating group) is 1. The van der Waals surface area contributed by atoms with Crippen LogP contribution in [0.1, 0.15) is 12.5 Å². The fourth-order valence-electron chi connectivity index (χ4n) is 1.79. The average Bonchev–Trinajstić information content (AvgIpc) is 2.45. The Bertz CT molecular complexity index is 499. The summed E-state index contributed by atoms with van der Waals surface area (Å²) in [4.78, 5) is 23.3. The van der Waals surface area contributed by atoms with Gasteiger partial charge in [-0.1, -0.05) is 12.7 Å². The number of nitrogens with one attached hydrogen (secondary N) is 2. The first-order chi connectivity index (χ1) is 9.93. The predicted molar refractivity (Wildman–Crippen MR) is 79.9 cm³/mol. The van der Waals surface area contributed by atoms with Crippen LogP contribution in [0.25, 0.3) is 0 Å². The Morgan fingerprint density at radius 3 is 2.57 bits per heavy atom. The standard InChI is InChI=1S/C15H21N3O3/c1-4-9-21-13-7-5-12(6-8-13)10-18(3)11(2)14(19)17-15(16)20/h4-8,11H,1,9-10H2,2-3H3,(H3,16,17,19,20)/p+1/t11-/m0/s1. The monoisotopic (exact) mass is 292 g/mol. The van der Waals surface area contributed by atoms with Crippen LogP contribution in [0, 0.1) is 0 Å². The number of rotatable bonds is 7. The SMILES string of the molecule is C=CCOc1ccc(C[NH+](C)[C@@H](C)C(=O)NC(N)=O)cc1. The highest BCUT2D eigenvalue weighted by Crippen LogP contribution is 2.11. The molecule has 0 aromatic heterocycles. The summed E-state index contributed by atoms with van der Waals surface area (Å²) in [7, 11) is 1.88. The number of primary amides is 1. The van der Waals surface area contributed by atoms with E-state index in [2.05, 4.69) is 11.9 Å². The van der Waals surface area contributed by atoms with E-state index < -0.39 is 6.03 Å². The van der Waals surface area contributed by atoms with E-state index in [4.69, 9.17) is 10.5 Å². The van der Waals surface area contributed by atoms with Crippen LogP contribution in [0.4, 0.5) is 4.79 Å². The minimum absolute atomic E-state index is 0.380. The van der Waals surface area contributed by atoms with Gasteiger partial charge in [0.15, 0.2) is 6.04 Å². The van der Waals surface area contributed by atoms with Gasteiger partial charge in [-0.3, -0.25) is 10.1 Å². The first-order valence-corrected chi connectivity index (χ1v) is 6.69. The zero-order chi connectivity index (χ0) is 15.8. The Kier molecular flexibility index (Phi) is 6.42. The molecule has 0 aliphatic carbocycles. The van der Waals surface area contributed by atoms with Gasteiger partial charge < -0.3 is 15.4 Å². The number of hydrogen-bond acceptors (Lipinski definition) is 3. The maximum Gasteiger partial charge on any atom is 0.319 e. The Balaban J connectivity index is 2.57.